The van der Waals surface area contributed by atoms with Gasteiger partial charge in [-0.25, -0.2) is 4.39 Å². The molecule has 0 aliphatic heterocycles. The highest BCUT2D eigenvalue weighted by Gasteiger charge is 2.09. The molecule has 0 saturated carbocycles. The summed E-state index contributed by atoms with van der Waals surface area (Å²) in [7, 11) is 0. The highest BCUT2D eigenvalue weighted by atomic mass is 19.1. The normalized spacial score (nSPS) is 11.6. The molecule has 90 valence electrons. The smallest absolute Gasteiger partial charge is 0.225 e. The summed E-state index contributed by atoms with van der Waals surface area (Å²) in [6.45, 7) is 2.01. The summed E-state index contributed by atoms with van der Waals surface area (Å²) in [5, 5.41) is 2.76. The van der Waals surface area contributed by atoms with E-state index in [2.05, 4.69) is 11.2 Å². The first-order valence-corrected chi connectivity index (χ1v) is 5.65. The molecule has 0 aromatic heterocycles. The van der Waals surface area contributed by atoms with Gasteiger partial charge >= 0.3 is 0 Å². The van der Waals surface area contributed by atoms with E-state index in [1.165, 1.54) is 12.1 Å². The number of terminal acetylenes is 1. The van der Waals surface area contributed by atoms with E-state index in [0.717, 1.165) is 18.4 Å². The van der Waals surface area contributed by atoms with Gasteiger partial charge in [0.1, 0.15) is 5.82 Å². The van der Waals surface area contributed by atoms with Gasteiger partial charge in [-0.05, 0) is 24.1 Å². The van der Waals surface area contributed by atoms with Gasteiger partial charge in [0.15, 0.2) is 0 Å². The predicted molar refractivity (Wildman–Crippen MR) is 65.8 cm³/mol. The van der Waals surface area contributed by atoms with Gasteiger partial charge < -0.3 is 5.32 Å². The highest BCUT2D eigenvalue weighted by molar-refractivity contribution is 5.79. The Morgan fingerprint density at radius 2 is 2.12 bits per heavy atom. The molecule has 1 aromatic rings. The van der Waals surface area contributed by atoms with E-state index in [1.807, 2.05) is 6.92 Å². The molecule has 2 nitrogen and oxygen atoms in total. The highest BCUT2D eigenvalue weighted by Crippen LogP contribution is 2.04. The maximum absolute atomic E-state index is 12.7. The Labute approximate surface area is 101 Å². The molecular formula is C14H16FNO. The summed E-state index contributed by atoms with van der Waals surface area (Å²) in [5.41, 5.74) is 0.774. The molecule has 0 bridgehead atoms. The summed E-state index contributed by atoms with van der Waals surface area (Å²) in [6.07, 6.45) is 7.22. The van der Waals surface area contributed by atoms with E-state index >= 15 is 0 Å². The van der Waals surface area contributed by atoms with Gasteiger partial charge in [0, 0.05) is 0 Å². The van der Waals surface area contributed by atoms with Crippen LogP contribution in [0.25, 0.3) is 0 Å². The third-order valence-corrected chi connectivity index (χ3v) is 2.39. The van der Waals surface area contributed by atoms with Crippen LogP contribution in [0.3, 0.4) is 0 Å². The maximum Gasteiger partial charge on any atom is 0.225 e. The lowest BCUT2D eigenvalue weighted by Crippen LogP contribution is -2.34. The third kappa shape index (κ3) is 4.69. The summed E-state index contributed by atoms with van der Waals surface area (Å²) in [5.74, 6) is 2.10. The van der Waals surface area contributed by atoms with Gasteiger partial charge in [-0.15, -0.1) is 6.42 Å². The second kappa shape index (κ2) is 6.70. The molecule has 17 heavy (non-hydrogen) atoms. The predicted octanol–water partition coefficient (Wildman–Crippen LogP) is 2.29. The van der Waals surface area contributed by atoms with Crippen LogP contribution in [-0.4, -0.2) is 11.9 Å². The van der Waals surface area contributed by atoms with E-state index in [-0.39, 0.29) is 24.2 Å². The Hall–Kier alpha value is -1.82. The lowest BCUT2D eigenvalue weighted by molar-refractivity contribution is -0.120. The number of hydrogen-bond acceptors (Lipinski definition) is 1. The van der Waals surface area contributed by atoms with Crippen LogP contribution in [0.5, 0.6) is 0 Å². The van der Waals surface area contributed by atoms with E-state index in [0.29, 0.717) is 0 Å². The van der Waals surface area contributed by atoms with Crippen molar-refractivity contribution in [1.82, 2.24) is 5.32 Å². The molecule has 3 heteroatoms. The summed E-state index contributed by atoms with van der Waals surface area (Å²) in [4.78, 5) is 11.6. The molecule has 0 aliphatic carbocycles. The average molecular weight is 233 g/mol. The monoisotopic (exact) mass is 233 g/mol. The first-order chi connectivity index (χ1) is 8.15. The second-order valence-electron chi connectivity index (χ2n) is 3.88. The molecule has 0 unspecified atom stereocenters. The van der Waals surface area contributed by atoms with Crippen LogP contribution in [0.1, 0.15) is 25.3 Å². The minimum atomic E-state index is -0.304. The van der Waals surface area contributed by atoms with Gasteiger partial charge in [0.2, 0.25) is 5.91 Å². The number of nitrogens with one attached hydrogen (secondary N) is 1. The molecule has 1 aromatic carbocycles. The van der Waals surface area contributed by atoms with E-state index < -0.39 is 0 Å². The number of amides is 1. The topological polar surface area (TPSA) is 29.1 Å². The Morgan fingerprint density at radius 1 is 1.47 bits per heavy atom. The van der Waals surface area contributed by atoms with Crippen LogP contribution in [0.2, 0.25) is 0 Å². The van der Waals surface area contributed by atoms with Crippen molar-refractivity contribution in [2.24, 2.45) is 0 Å². The molecular weight excluding hydrogens is 217 g/mol. The zero-order chi connectivity index (χ0) is 12.7. The average Bonchev–Trinajstić information content (AvgIpc) is 2.31. The minimum Gasteiger partial charge on any atom is -0.342 e. The number of benzene rings is 1. The van der Waals surface area contributed by atoms with Crippen LogP contribution in [-0.2, 0) is 11.2 Å². The van der Waals surface area contributed by atoms with E-state index in [4.69, 9.17) is 6.42 Å². The van der Waals surface area contributed by atoms with Crippen LogP contribution in [0.15, 0.2) is 24.3 Å². The van der Waals surface area contributed by atoms with Gasteiger partial charge in [0.25, 0.3) is 0 Å². The van der Waals surface area contributed by atoms with Crippen molar-refractivity contribution < 1.29 is 9.18 Å². The van der Waals surface area contributed by atoms with Gasteiger partial charge in [0.05, 0.1) is 12.5 Å². The van der Waals surface area contributed by atoms with E-state index in [1.54, 1.807) is 12.1 Å². The summed E-state index contributed by atoms with van der Waals surface area (Å²) in [6, 6.07) is 5.66. The first-order valence-electron chi connectivity index (χ1n) is 5.65. The largest absolute Gasteiger partial charge is 0.342 e. The summed E-state index contributed by atoms with van der Waals surface area (Å²) >= 11 is 0. The van der Waals surface area contributed by atoms with E-state index in [9.17, 15) is 9.18 Å². The minimum absolute atomic E-state index is 0.131. The van der Waals surface area contributed by atoms with Crippen molar-refractivity contribution in [3.63, 3.8) is 0 Å². The van der Waals surface area contributed by atoms with Crippen molar-refractivity contribution in [3.05, 3.63) is 35.6 Å². The molecule has 1 amide bonds. The summed E-state index contributed by atoms with van der Waals surface area (Å²) < 4.78 is 12.7. The fraction of sp³-hybridized carbons (Fsp3) is 0.357. The second-order valence-corrected chi connectivity index (χ2v) is 3.88. The quantitative estimate of drug-likeness (QED) is 0.777. The number of carbonyl (C=O) groups is 1. The van der Waals surface area contributed by atoms with Crippen molar-refractivity contribution in [3.8, 4) is 12.3 Å². The van der Waals surface area contributed by atoms with Crippen LogP contribution in [0, 0.1) is 18.2 Å². The molecule has 0 aliphatic rings. The Morgan fingerprint density at radius 3 is 2.65 bits per heavy atom. The fourth-order valence-corrected chi connectivity index (χ4v) is 1.52. The molecule has 1 N–H and O–H groups in total. The van der Waals surface area contributed by atoms with Gasteiger partial charge in [-0.3, -0.25) is 4.79 Å². The third-order valence-electron chi connectivity index (χ3n) is 2.39. The lowest BCUT2D eigenvalue weighted by atomic mass is 10.1. The molecule has 0 radical (unpaired) electrons. The Bertz CT molecular complexity index is 405. The van der Waals surface area contributed by atoms with Crippen molar-refractivity contribution >= 4 is 5.91 Å². The van der Waals surface area contributed by atoms with Crippen LogP contribution < -0.4 is 5.32 Å². The lowest BCUT2D eigenvalue weighted by Gasteiger charge is -2.11. The number of carbonyl (C=O) groups excluding carboxylic acids is 1. The molecule has 0 fully saturated rings. The van der Waals surface area contributed by atoms with Crippen molar-refractivity contribution in [2.45, 2.75) is 32.2 Å². The molecule has 1 rings (SSSR count). The molecule has 0 spiro atoms. The first kappa shape index (κ1) is 13.2. The zero-order valence-corrected chi connectivity index (χ0v) is 9.87. The van der Waals surface area contributed by atoms with Crippen LogP contribution >= 0.6 is 0 Å². The SMILES string of the molecule is C#C[C@@H](CCC)NC(=O)Cc1ccc(F)cc1. The molecule has 1 atom stereocenters. The van der Waals surface area contributed by atoms with Gasteiger partial charge in [-0.2, -0.15) is 0 Å². The van der Waals surface area contributed by atoms with Crippen LogP contribution in [0.4, 0.5) is 4.39 Å². The fourth-order valence-electron chi connectivity index (χ4n) is 1.52. The Kier molecular flexibility index (Phi) is 5.22. The number of halogens is 1. The van der Waals surface area contributed by atoms with Gasteiger partial charge in [-0.1, -0.05) is 31.4 Å². The molecule has 0 heterocycles. The Balaban J connectivity index is 2.49. The number of rotatable bonds is 5. The zero-order valence-electron chi connectivity index (χ0n) is 9.87. The van der Waals surface area contributed by atoms with Crippen molar-refractivity contribution in [2.75, 3.05) is 0 Å². The number of hydrogen-bond donors (Lipinski definition) is 1. The molecule has 0 saturated heterocycles. The maximum atomic E-state index is 12.7. The van der Waals surface area contributed by atoms with Crippen molar-refractivity contribution in [1.29, 1.82) is 0 Å². The standard InChI is InChI=1S/C14H16FNO/c1-3-5-13(4-2)16-14(17)10-11-6-8-12(15)9-7-11/h2,6-9,13H,3,5,10H2,1H3,(H,16,17)/t13-/m0/s1.